The molecule has 0 aliphatic heterocycles. The third kappa shape index (κ3) is 7.89. The summed E-state index contributed by atoms with van der Waals surface area (Å²) in [7, 11) is -4.09. The van der Waals surface area contributed by atoms with Gasteiger partial charge in [0.05, 0.1) is 10.6 Å². The van der Waals surface area contributed by atoms with E-state index in [1.165, 1.54) is 17.0 Å². The van der Waals surface area contributed by atoms with Crippen molar-refractivity contribution in [3.63, 3.8) is 0 Å². The third-order valence-corrected chi connectivity index (χ3v) is 9.54. The van der Waals surface area contributed by atoms with Crippen LogP contribution in [0, 0.1) is 6.92 Å². The zero-order chi connectivity index (χ0) is 29.4. The molecule has 0 radical (unpaired) electrons. The molecule has 4 rings (SSSR count). The van der Waals surface area contributed by atoms with Crippen molar-refractivity contribution in [2.24, 2.45) is 0 Å². The monoisotopic (exact) mass is 595 g/mol. The number of carbonyl (C=O) groups is 2. The Morgan fingerprint density at radius 2 is 1.63 bits per heavy atom. The third-order valence-electron chi connectivity index (χ3n) is 7.50. The SMILES string of the molecule is CC[C@H](C(=O)NC1CCCCC1)N(Cc1ccc(Cl)cc1)C(=O)CN(c1cccc(C)c1)S(=O)(=O)c1ccccc1. The summed E-state index contributed by atoms with van der Waals surface area (Å²) < 4.78 is 28.9. The van der Waals surface area contributed by atoms with Crippen LogP contribution in [0.2, 0.25) is 5.02 Å². The van der Waals surface area contributed by atoms with Crippen LogP contribution in [0.4, 0.5) is 5.69 Å². The van der Waals surface area contributed by atoms with Crippen molar-refractivity contribution < 1.29 is 18.0 Å². The summed E-state index contributed by atoms with van der Waals surface area (Å²) in [5.41, 5.74) is 2.03. The molecule has 0 bridgehead atoms. The molecule has 3 aromatic carbocycles. The first-order valence-corrected chi connectivity index (χ1v) is 16.0. The molecule has 2 amide bonds. The lowest BCUT2D eigenvalue weighted by Crippen LogP contribution is -2.54. The van der Waals surface area contributed by atoms with Crippen molar-refractivity contribution in [2.45, 2.75) is 75.9 Å². The summed E-state index contributed by atoms with van der Waals surface area (Å²) in [6, 6.07) is 21.5. The molecular weight excluding hydrogens is 558 g/mol. The Hall–Kier alpha value is -3.36. The fourth-order valence-electron chi connectivity index (χ4n) is 5.28. The number of sulfonamides is 1. The Kier molecular flexibility index (Phi) is 10.5. The molecule has 1 fully saturated rings. The number of rotatable bonds is 11. The van der Waals surface area contributed by atoms with Crippen molar-refractivity contribution in [3.8, 4) is 0 Å². The Bertz CT molecular complexity index is 1420. The topological polar surface area (TPSA) is 86.8 Å². The second-order valence-electron chi connectivity index (χ2n) is 10.6. The number of nitrogens with one attached hydrogen (secondary N) is 1. The van der Waals surface area contributed by atoms with Gasteiger partial charge in [-0.15, -0.1) is 0 Å². The van der Waals surface area contributed by atoms with E-state index in [1.54, 1.807) is 48.5 Å². The van der Waals surface area contributed by atoms with Crippen LogP contribution in [0.3, 0.4) is 0 Å². The van der Waals surface area contributed by atoms with E-state index >= 15 is 0 Å². The van der Waals surface area contributed by atoms with Crippen LogP contribution in [0.5, 0.6) is 0 Å². The van der Waals surface area contributed by atoms with E-state index < -0.39 is 28.5 Å². The Morgan fingerprint density at radius 3 is 2.27 bits per heavy atom. The molecule has 1 aliphatic rings. The lowest BCUT2D eigenvalue weighted by atomic mass is 9.95. The number of benzene rings is 3. The molecule has 0 saturated heterocycles. The first-order chi connectivity index (χ1) is 19.7. The lowest BCUT2D eigenvalue weighted by Gasteiger charge is -2.34. The highest BCUT2D eigenvalue weighted by Gasteiger charge is 2.34. The van der Waals surface area contributed by atoms with E-state index in [-0.39, 0.29) is 23.4 Å². The molecule has 7 nitrogen and oxygen atoms in total. The molecule has 1 N–H and O–H groups in total. The lowest BCUT2D eigenvalue weighted by molar-refractivity contribution is -0.140. The number of nitrogens with zero attached hydrogens (tertiary/aromatic N) is 2. The van der Waals surface area contributed by atoms with Gasteiger partial charge in [0.1, 0.15) is 12.6 Å². The van der Waals surface area contributed by atoms with Crippen LogP contribution in [-0.2, 0) is 26.2 Å². The predicted octanol–water partition coefficient (Wildman–Crippen LogP) is 6.10. The Balaban J connectivity index is 1.69. The van der Waals surface area contributed by atoms with Crippen LogP contribution >= 0.6 is 11.6 Å². The zero-order valence-electron chi connectivity index (χ0n) is 23.6. The zero-order valence-corrected chi connectivity index (χ0v) is 25.2. The van der Waals surface area contributed by atoms with Gasteiger partial charge in [0.25, 0.3) is 10.0 Å². The van der Waals surface area contributed by atoms with Gasteiger partial charge in [-0.3, -0.25) is 13.9 Å². The van der Waals surface area contributed by atoms with Gasteiger partial charge in [-0.25, -0.2) is 8.42 Å². The van der Waals surface area contributed by atoms with E-state index in [2.05, 4.69) is 5.32 Å². The van der Waals surface area contributed by atoms with Crippen LogP contribution in [0.25, 0.3) is 0 Å². The quantitative estimate of drug-likeness (QED) is 0.290. The van der Waals surface area contributed by atoms with Crippen molar-refractivity contribution in [3.05, 3.63) is 95.0 Å². The standard InChI is InChI=1S/C32H38ClN3O4S/c1-3-30(32(38)34-27-12-6-4-7-13-27)35(22-25-17-19-26(33)20-18-25)31(37)23-36(28-14-10-11-24(2)21-28)41(39,40)29-15-8-5-9-16-29/h5,8-11,14-21,27,30H,3-4,6-7,12-13,22-23H2,1-2H3,(H,34,38)/t30-/m1/s1. The summed E-state index contributed by atoms with van der Waals surface area (Å²) in [5, 5.41) is 3.73. The van der Waals surface area contributed by atoms with Crippen molar-refractivity contribution >= 4 is 39.1 Å². The molecular formula is C32H38ClN3O4S. The number of anilines is 1. The summed E-state index contributed by atoms with van der Waals surface area (Å²) in [4.78, 5) is 29.4. The first kappa shape index (κ1) is 30.6. The number of aryl methyl sites for hydroxylation is 1. The van der Waals surface area contributed by atoms with Crippen molar-refractivity contribution in [1.29, 1.82) is 0 Å². The molecule has 3 aromatic rings. The molecule has 1 aliphatic carbocycles. The van der Waals surface area contributed by atoms with Crippen molar-refractivity contribution in [1.82, 2.24) is 10.2 Å². The van der Waals surface area contributed by atoms with Gasteiger partial charge >= 0.3 is 0 Å². The average molecular weight is 596 g/mol. The molecule has 1 atom stereocenters. The summed E-state index contributed by atoms with van der Waals surface area (Å²) in [5.74, 6) is -0.679. The number of halogens is 1. The first-order valence-electron chi connectivity index (χ1n) is 14.2. The molecule has 1 saturated carbocycles. The minimum absolute atomic E-state index is 0.0834. The van der Waals surface area contributed by atoms with Crippen LogP contribution < -0.4 is 9.62 Å². The van der Waals surface area contributed by atoms with Gasteiger partial charge in [-0.1, -0.05) is 80.3 Å². The molecule has 0 spiro atoms. The van der Waals surface area contributed by atoms with Gasteiger partial charge < -0.3 is 10.2 Å². The van der Waals surface area contributed by atoms with E-state index in [4.69, 9.17) is 11.6 Å². The maximum atomic E-state index is 14.2. The highest BCUT2D eigenvalue weighted by molar-refractivity contribution is 7.92. The largest absolute Gasteiger partial charge is 0.352 e. The molecule has 41 heavy (non-hydrogen) atoms. The van der Waals surface area contributed by atoms with Gasteiger partial charge in [-0.05, 0) is 73.7 Å². The predicted molar refractivity (Wildman–Crippen MR) is 163 cm³/mol. The molecule has 0 aromatic heterocycles. The maximum absolute atomic E-state index is 14.2. The molecule has 0 heterocycles. The maximum Gasteiger partial charge on any atom is 0.264 e. The fourth-order valence-corrected chi connectivity index (χ4v) is 6.83. The van der Waals surface area contributed by atoms with E-state index in [9.17, 15) is 18.0 Å². The second kappa shape index (κ2) is 14.0. The molecule has 0 unspecified atom stereocenters. The Labute approximate surface area is 248 Å². The molecule has 218 valence electrons. The molecule has 9 heteroatoms. The van der Waals surface area contributed by atoms with Crippen molar-refractivity contribution in [2.75, 3.05) is 10.8 Å². The minimum atomic E-state index is -4.09. The summed E-state index contributed by atoms with van der Waals surface area (Å²) in [6.07, 6.45) is 5.52. The smallest absolute Gasteiger partial charge is 0.264 e. The number of hydrogen-bond donors (Lipinski definition) is 1. The van der Waals surface area contributed by atoms with Gasteiger partial charge in [0.15, 0.2) is 0 Å². The summed E-state index contributed by atoms with van der Waals surface area (Å²) in [6.45, 7) is 3.42. The number of carbonyl (C=O) groups excluding carboxylic acids is 2. The fraction of sp³-hybridized carbons (Fsp3) is 0.375. The number of hydrogen-bond acceptors (Lipinski definition) is 4. The van der Waals surface area contributed by atoms with E-state index in [1.807, 2.05) is 32.0 Å². The van der Waals surface area contributed by atoms with Crippen LogP contribution in [0.1, 0.15) is 56.6 Å². The average Bonchev–Trinajstić information content (AvgIpc) is 2.97. The van der Waals surface area contributed by atoms with Gasteiger partial charge in [0.2, 0.25) is 11.8 Å². The van der Waals surface area contributed by atoms with E-state index in [0.717, 1.165) is 47.5 Å². The Morgan fingerprint density at radius 1 is 0.951 bits per heavy atom. The second-order valence-corrected chi connectivity index (χ2v) is 12.9. The summed E-state index contributed by atoms with van der Waals surface area (Å²) >= 11 is 6.10. The highest BCUT2D eigenvalue weighted by Crippen LogP contribution is 2.26. The van der Waals surface area contributed by atoms with Crippen LogP contribution in [0.15, 0.2) is 83.8 Å². The number of amides is 2. The van der Waals surface area contributed by atoms with Gasteiger partial charge in [-0.2, -0.15) is 0 Å². The highest BCUT2D eigenvalue weighted by atomic mass is 35.5. The normalized spacial score (nSPS) is 14.7. The van der Waals surface area contributed by atoms with Gasteiger partial charge in [0, 0.05) is 17.6 Å². The minimum Gasteiger partial charge on any atom is -0.352 e. The van der Waals surface area contributed by atoms with Crippen LogP contribution in [-0.4, -0.2) is 43.8 Å². The van der Waals surface area contributed by atoms with E-state index in [0.29, 0.717) is 17.1 Å².